The number of hydrogen-bond donors (Lipinski definition) is 2. The van der Waals surface area contributed by atoms with Gasteiger partial charge in [-0.3, -0.25) is 9.69 Å². The highest BCUT2D eigenvalue weighted by Crippen LogP contribution is 2.36. The van der Waals surface area contributed by atoms with E-state index in [1.165, 1.54) is 0 Å². The van der Waals surface area contributed by atoms with Crippen molar-refractivity contribution in [2.24, 2.45) is 5.92 Å². The van der Waals surface area contributed by atoms with Gasteiger partial charge in [-0.05, 0) is 43.7 Å². The van der Waals surface area contributed by atoms with E-state index in [4.69, 9.17) is 9.15 Å². The second-order valence-corrected chi connectivity index (χ2v) is 6.86. The third-order valence-corrected chi connectivity index (χ3v) is 4.90. The second-order valence-electron chi connectivity index (χ2n) is 6.86. The highest BCUT2D eigenvalue weighted by Gasteiger charge is 2.52. The molecular weight excluding hydrogens is 312 g/mol. The van der Waals surface area contributed by atoms with Gasteiger partial charge in [0.05, 0.1) is 25.5 Å². The van der Waals surface area contributed by atoms with E-state index in [9.17, 15) is 14.7 Å². The molecule has 1 aromatic rings. The van der Waals surface area contributed by atoms with Crippen LogP contribution in [0.5, 0.6) is 0 Å². The fourth-order valence-corrected chi connectivity index (χ4v) is 3.39. The number of imide groups is 1. The maximum absolute atomic E-state index is 12.7. The van der Waals surface area contributed by atoms with Crippen molar-refractivity contribution in [3.05, 3.63) is 24.2 Å². The van der Waals surface area contributed by atoms with Crippen LogP contribution in [0.1, 0.15) is 38.4 Å². The summed E-state index contributed by atoms with van der Waals surface area (Å²) < 4.78 is 10.5. The molecule has 1 unspecified atom stereocenters. The van der Waals surface area contributed by atoms with E-state index >= 15 is 0 Å². The van der Waals surface area contributed by atoms with Crippen LogP contribution in [0.3, 0.4) is 0 Å². The van der Waals surface area contributed by atoms with Crippen molar-refractivity contribution >= 4 is 11.9 Å². The summed E-state index contributed by atoms with van der Waals surface area (Å²) in [5.74, 6) is 1.02. The largest absolute Gasteiger partial charge is 0.467 e. The summed E-state index contributed by atoms with van der Waals surface area (Å²) in [5, 5.41) is 12.9. The third kappa shape index (κ3) is 3.47. The standard InChI is InChI=1S/C17H24N2O5/c1-12-4-6-17(7-5-12)15(21)19(16(22)18-17)9-13(20)10-23-11-14-3-2-8-24-14/h2-3,8,12-13,20H,4-7,9-11H2,1H3,(H,18,22). The van der Waals surface area contributed by atoms with Gasteiger partial charge in [0.15, 0.2) is 0 Å². The van der Waals surface area contributed by atoms with Crippen LogP contribution in [-0.4, -0.2) is 46.7 Å². The second kappa shape index (κ2) is 6.94. The Morgan fingerprint density at radius 2 is 2.21 bits per heavy atom. The molecule has 2 aliphatic rings. The molecule has 2 fully saturated rings. The number of carbonyl (C=O) groups is 2. The summed E-state index contributed by atoms with van der Waals surface area (Å²) >= 11 is 0. The Morgan fingerprint density at radius 3 is 2.88 bits per heavy atom. The molecule has 1 aliphatic carbocycles. The molecule has 1 aliphatic heterocycles. The molecule has 7 nitrogen and oxygen atoms in total. The molecule has 3 amide bonds. The normalized spacial score (nSPS) is 28.4. The summed E-state index contributed by atoms with van der Waals surface area (Å²) in [5.41, 5.74) is -0.766. The molecule has 0 radical (unpaired) electrons. The topological polar surface area (TPSA) is 92.0 Å². The van der Waals surface area contributed by atoms with Gasteiger partial charge in [0.25, 0.3) is 5.91 Å². The van der Waals surface area contributed by atoms with Gasteiger partial charge >= 0.3 is 6.03 Å². The Morgan fingerprint density at radius 1 is 1.46 bits per heavy atom. The predicted octanol–water partition coefficient (Wildman–Crippen LogP) is 1.66. The van der Waals surface area contributed by atoms with E-state index in [-0.39, 0.29) is 25.7 Å². The van der Waals surface area contributed by atoms with Crippen molar-refractivity contribution in [2.45, 2.75) is 50.9 Å². The van der Waals surface area contributed by atoms with E-state index in [0.29, 0.717) is 24.5 Å². The molecular formula is C17H24N2O5. The fraction of sp³-hybridized carbons (Fsp3) is 0.647. The Balaban J connectivity index is 1.51. The quantitative estimate of drug-likeness (QED) is 0.771. The SMILES string of the molecule is CC1CCC2(CC1)NC(=O)N(CC(O)COCc1ccco1)C2=O. The molecule has 0 bridgehead atoms. The van der Waals surface area contributed by atoms with Gasteiger partial charge in [0.1, 0.15) is 17.9 Å². The van der Waals surface area contributed by atoms with Crippen molar-refractivity contribution < 1.29 is 23.8 Å². The number of aliphatic hydroxyl groups excluding tert-OH is 1. The minimum absolute atomic E-state index is 0.0296. The van der Waals surface area contributed by atoms with Crippen LogP contribution in [0.25, 0.3) is 0 Å². The number of hydrogen-bond acceptors (Lipinski definition) is 5. The lowest BCUT2D eigenvalue weighted by atomic mass is 9.77. The van der Waals surface area contributed by atoms with E-state index < -0.39 is 17.7 Å². The predicted molar refractivity (Wildman–Crippen MR) is 85.0 cm³/mol. The lowest BCUT2D eigenvalue weighted by molar-refractivity contribution is -0.134. The lowest BCUT2D eigenvalue weighted by Gasteiger charge is -2.33. The van der Waals surface area contributed by atoms with Gasteiger partial charge in [-0.25, -0.2) is 4.79 Å². The molecule has 24 heavy (non-hydrogen) atoms. The van der Waals surface area contributed by atoms with Crippen LogP contribution >= 0.6 is 0 Å². The molecule has 1 saturated heterocycles. The molecule has 1 saturated carbocycles. The summed E-state index contributed by atoms with van der Waals surface area (Å²) in [6.07, 6.45) is 3.81. The van der Waals surface area contributed by atoms with E-state index in [0.717, 1.165) is 17.7 Å². The lowest BCUT2D eigenvalue weighted by Crippen LogP contribution is -2.49. The van der Waals surface area contributed by atoms with Crippen molar-refractivity contribution in [2.75, 3.05) is 13.2 Å². The van der Waals surface area contributed by atoms with Gasteiger partial charge in [-0.2, -0.15) is 0 Å². The molecule has 0 aromatic carbocycles. The number of urea groups is 1. The number of carbonyl (C=O) groups excluding carboxylic acids is 2. The van der Waals surface area contributed by atoms with Gasteiger partial charge in [0.2, 0.25) is 0 Å². The third-order valence-electron chi connectivity index (χ3n) is 4.90. The maximum Gasteiger partial charge on any atom is 0.325 e. The van der Waals surface area contributed by atoms with E-state index in [1.807, 2.05) is 0 Å². The van der Waals surface area contributed by atoms with E-state index in [1.54, 1.807) is 18.4 Å². The van der Waals surface area contributed by atoms with Crippen LogP contribution in [0.15, 0.2) is 22.8 Å². The van der Waals surface area contributed by atoms with Crippen LogP contribution in [0.2, 0.25) is 0 Å². The number of furan rings is 1. The average molecular weight is 336 g/mol. The van der Waals surface area contributed by atoms with Gasteiger partial charge in [0, 0.05) is 0 Å². The number of amides is 3. The summed E-state index contributed by atoms with van der Waals surface area (Å²) in [7, 11) is 0. The molecule has 132 valence electrons. The number of nitrogens with zero attached hydrogens (tertiary/aromatic N) is 1. The number of aliphatic hydroxyl groups is 1. The molecule has 1 spiro atoms. The van der Waals surface area contributed by atoms with Crippen molar-refractivity contribution in [1.82, 2.24) is 10.2 Å². The zero-order valence-corrected chi connectivity index (χ0v) is 13.9. The molecule has 2 heterocycles. The van der Waals surface area contributed by atoms with Gasteiger partial charge in [-0.15, -0.1) is 0 Å². The smallest absolute Gasteiger partial charge is 0.325 e. The summed E-state index contributed by atoms with van der Waals surface area (Å²) in [6, 6.07) is 3.12. The number of β-amino-alcohol motifs (C(OH)–C–C–N with tert-alkyl or cyclic N) is 1. The van der Waals surface area contributed by atoms with Gasteiger partial charge < -0.3 is 19.6 Å². The first-order chi connectivity index (χ1) is 11.5. The molecule has 1 atom stereocenters. The number of nitrogens with one attached hydrogen (secondary N) is 1. The van der Waals surface area contributed by atoms with Crippen molar-refractivity contribution in [1.29, 1.82) is 0 Å². The number of rotatable bonds is 6. The summed E-state index contributed by atoms with van der Waals surface area (Å²) in [6.45, 7) is 2.37. The Bertz CT molecular complexity index is 578. The van der Waals surface area contributed by atoms with Crippen molar-refractivity contribution in [3.63, 3.8) is 0 Å². The molecule has 1 aromatic heterocycles. The van der Waals surface area contributed by atoms with Crippen LogP contribution in [0.4, 0.5) is 4.79 Å². The van der Waals surface area contributed by atoms with Crippen molar-refractivity contribution in [3.8, 4) is 0 Å². The first-order valence-corrected chi connectivity index (χ1v) is 8.42. The minimum atomic E-state index is -0.924. The maximum atomic E-state index is 12.7. The zero-order chi connectivity index (χ0) is 17.2. The van der Waals surface area contributed by atoms with Crippen LogP contribution in [0, 0.1) is 5.92 Å². The minimum Gasteiger partial charge on any atom is -0.467 e. The Kier molecular flexibility index (Phi) is 4.91. The summed E-state index contributed by atoms with van der Waals surface area (Å²) in [4.78, 5) is 26.0. The molecule has 7 heteroatoms. The fourth-order valence-electron chi connectivity index (χ4n) is 3.39. The van der Waals surface area contributed by atoms with Gasteiger partial charge in [-0.1, -0.05) is 6.92 Å². The van der Waals surface area contributed by atoms with E-state index in [2.05, 4.69) is 12.2 Å². The highest BCUT2D eigenvalue weighted by atomic mass is 16.5. The Labute approximate surface area is 140 Å². The highest BCUT2D eigenvalue weighted by molar-refractivity contribution is 6.07. The van der Waals surface area contributed by atoms with Crippen LogP contribution in [-0.2, 0) is 16.1 Å². The zero-order valence-electron chi connectivity index (χ0n) is 13.9. The first kappa shape index (κ1) is 17.0. The van der Waals surface area contributed by atoms with Crippen LogP contribution < -0.4 is 5.32 Å². The average Bonchev–Trinajstić information content (AvgIpc) is 3.14. The molecule has 3 rings (SSSR count). The Hall–Kier alpha value is -1.86. The molecule has 2 N–H and O–H groups in total. The monoisotopic (exact) mass is 336 g/mol. The number of ether oxygens (including phenoxy) is 1. The first-order valence-electron chi connectivity index (χ1n) is 8.42.